The van der Waals surface area contributed by atoms with Crippen molar-refractivity contribution in [2.75, 3.05) is 6.54 Å². The van der Waals surface area contributed by atoms with Gasteiger partial charge in [-0.25, -0.2) is 0 Å². The molecular formula is C19H22ClNO2. The van der Waals surface area contributed by atoms with E-state index in [0.29, 0.717) is 17.3 Å². The minimum absolute atomic E-state index is 0.117. The monoisotopic (exact) mass is 331 g/mol. The van der Waals surface area contributed by atoms with Gasteiger partial charge in [0, 0.05) is 11.6 Å². The van der Waals surface area contributed by atoms with Crippen molar-refractivity contribution in [3.8, 4) is 5.75 Å². The predicted octanol–water partition coefficient (Wildman–Crippen LogP) is 4.16. The second-order valence-corrected chi connectivity index (χ2v) is 6.03. The van der Waals surface area contributed by atoms with Gasteiger partial charge >= 0.3 is 0 Å². The van der Waals surface area contributed by atoms with E-state index >= 15 is 0 Å². The Balaban J connectivity index is 1.70. The third-order valence-electron chi connectivity index (χ3n) is 3.54. The molecule has 0 spiro atoms. The van der Waals surface area contributed by atoms with E-state index in [-0.39, 0.29) is 5.91 Å². The van der Waals surface area contributed by atoms with Crippen molar-refractivity contribution < 1.29 is 9.53 Å². The highest BCUT2D eigenvalue weighted by molar-refractivity contribution is 6.30. The average Bonchev–Trinajstić information content (AvgIpc) is 2.53. The van der Waals surface area contributed by atoms with E-state index in [0.717, 1.165) is 12.8 Å². The van der Waals surface area contributed by atoms with Gasteiger partial charge in [0.15, 0.2) is 6.10 Å². The number of carbonyl (C=O) groups is 1. The summed E-state index contributed by atoms with van der Waals surface area (Å²) in [5.41, 5.74) is 2.54. The standard InChI is InChI=1S/C19H22ClNO2/c1-14-8-10-16(11-9-14)5-4-12-21-19(22)15(2)23-18-7-3-6-17(20)13-18/h3,6-11,13,15H,4-5,12H2,1-2H3,(H,21,22)/t15-/m1/s1. The van der Waals surface area contributed by atoms with Crippen LogP contribution < -0.4 is 10.1 Å². The third kappa shape index (κ3) is 5.95. The second kappa shape index (κ2) is 8.59. The molecule has 1 amide bonds. The lowest BCUT2D eigenvalue weighted by molar-refractivity contribution is -0.127. The number of carbonyl (C=O) groups excluding carboxylic acids is 1. The van der Waals surface area contributed by atoms with Gasteiger partial charge in [-0.2, -0.15) is 0 Å². The molecule has 0 heterocycles. The largest absolute Gasteiger partial charge is 0.481 e. The molecule has 4 heteroatoms. The van der Waals surface area contributed by atoms with Crippen LogP contribution in [0.4, 0.5) is 0 Å². The zero-order chi connectivity index (χ0) is 16.7. The van der Waals surface area contributed by atoms with E-state index in [1.807, 2.05) is 0 Å². The number of benzene rings is 2. The molecule has 23 heavy (non-hydrogen) atoms. The molecule has 2 rings (SSSR count). The summed E-state index contributed by atoms with van der Waals surface area (Å²) in [6, 6.07) is 15.5. The molecule has 0 aliphatic rings. The highest BCUT2D eigenvalue weighted by atomic mass is 35.5. The van der Waals surface area contributed by atoms with Crippen LogP contribution in [-0.2, 0) is 11.2 Å². The third-order valence-corrected chi connectivity index (χ3v) is 3.78. The van der Waals surface area contributed by atoms with Crippen LogP contribution in [0, 0.1) is 6.92 Å². The van der Waals surface area contributed by atoms with Crippen LogP contribution in [0.25, 0.3) is 0 Å². The zero-order valence-electron chi connectivity index (χ0n) is 13.5. The summed E-state index contributed by atoms with van der Waals surface area (Å²) in [6.07, 6.45) is 1.30. The topological polar surface area (TPSA) is 38.3 Å². The molecule has 0 radical (unpaired) electrons. The van der Waals surface area contributed by atoms with Crippen LogP contribution in [0.2, 0.25) is 5.02 Å². The number of amides is 1. The minimum Gasteiger partial charge on any atom is -0.481 e. The Morgan fingerprint density at radius 1 is 1.22 bits per heavy atom. The Kier molecular flexibility index (Phi) is 6.48. The van der Waals surface area contributed by atoms with Crippen LogP contribution in [0.5, 0.6) is 5.75 Å². The van der Waals surface area contributed by atoms with Crippen molar-refractivity contribution >= 4 is 17.5 Å². The van der Waals surface area contributed by atoms with Crippen LogP contribution in [0.15, 0.2) is 48.5 Å². The summed E-state index contributed by atoms with van der Waals surface area (Å²) < 4.78 is 5.59. The normalized spacial score (nSPS) is 11.8. The Hall–Kier alpha value is -2.00. The highest BCUT2D eigenvalue weighted by Crippen LogP contribution is 2.18. The molecule has 2 aromatic rings. The Morgan fingerprint density at radius 3 is 2.65 bits per heavy atom. The van der Waals surface area contributed by atoms with E-state index in [4.69, 9.17) is 16.3 Å². The van der Waals surface area contributed by atoms with Gasteiger partial charge in [0.05, 0.1) is 0 Å². The van der Waals surface area contributed by atoms with Crippen LogP contribution in [0.1, 0.15) is 24.5 Å². The smallest absolute Gasteiger partial charge is 0.260 e. The number of ether oxygens (including phenoxy) is 1. The SMILES string of the molecule is Cc1ccc(CCCNC(=O)[C@@H](C)Oc2cccc(Cl)c2)cc1. The lowest BCUT2D eigenvalue weighted by Crippen LogP contribution is -2.36. The van der Waals surface area contributed by atoms with Crippen LogP contribution >= 0.6 is 11.6 Å². The maximum absolute atomic E-state index is 12.0. The first-order valence-electron chi connectivity index (χ1n) is 7.80. The molecule has 0 saturated carbocycles. The van der Waals surface area contributed by atoms with Gasteiger partial charge < -0.3 is 10.1 Å². The molecule has 0 unspecified atom stereocenters. The van der Waals surface area contributed by atoms with Crippen molar-refractivity contribution in [1.82, 2.24) is 5.32 Å². The van der Waals surface area contributed by atoms with Gasteiger partial charge in [0.2, 0.25) is 0 Å². The van der Waals surface area contributed by atoms with Crippen molar-refractivity contribution in [1.29, 1.82) is 0 Å². The molecular weight excluding hydrogens is 310 g/mol. The number of rotatable bonds is 7. The van der Waals surface area contributed by atoms with Crippen LogP contribution in [-0.4, -0.2) is 18.6 Å². The molecule has 0 aliphatic heterocycles. The second-order valence-electron chi connectivity index (χ2n) is 5.60. The minimum atomic E-state index is -0.548. The number of halogens is 1. The lowest BCUT2D eigenvalue weighted by atomic mass is 10.1. The highest BCUT2D eigenvalue weighted by Gasteiger charge is 2.13. The maximum Gasteiger partial charge on any atom is 0.260 e. The van der Waals surface area contributed by atoms with Crippen molar-refractivity contribution in [3.63, 3.8) is 0 Å². The summed E-state index contributed by atoms with van der Waals surface area (Å²) in [6.45, 7) is 4.44. The zero-order valence-corrected chi connectivity index (χ0v) is 14.3. The van der Waals surface area contributed by atoms with E-state index in [1.165, 1.54) is 11.1 Å². The molecule has 3 nitrogen and oxygen atoms in total. The number of nitrogens with one attached hydrogen (secondary N) is 1. The summed E-state index contributed by atoms with van der Waals surface area (Å²) in [4.78, 5) is 12.0. The molecule has 1 atom stereocenters. The molecule has 0 fully saturated rings. The summed E-state index contributed by atoms with van der Waals surface area (Å²) in [7, 11) is 0. The van der Waals surface area contributed by atoms with Gasteiger partial charge in [0.25, 0.3) is 5.91 Å². The molecule has 0 aliphatic carbocycles. The number of hydrogen-bond acceptors (Lipinski definition) is 2. The number of aryl methyl sites for hydroxylation is 2. The van der Waals surface area contributed by atoms with E-state index < -0.39 is 6.10 Å². The summed E-state index contributed by atoms with van der Waals surface area (Å²) >= 11 is 5.90. The van der Waals surface area contributed by atoms with Gasteiger partial charge in [-0.1, -0.05) is 47.5 Å². The van der Waals surface area contributed by atoms with Crippen molar-refractivity contribution in [3.05, 3.63) is 64.7 Å². The first kappa shape index (κ1) is 17.4. The average molecular weight is 332 g/mol. The van der Waals surface area contributed by atoms with E-state index in [1.54, 1.807) is 31.2 Å². The maximum atomic E-state index is 12.0. The molecule has 2 aromatic carbocycles. The van der Waals surface area contributed by atoms with Crippen molar-refractivity contribution in [2.24, 2.45) is 0 Å². The fraction of sp³-hybridized carbons (Fsp3) is 0.316. The molecule has 0 saturated heterocycles. The predicted molar refractivity (Wildman–Crippen MR) is 94.1 cm³/mol. The first-order chi connectivity index (χ1) is 11.0. The molecule has 0 aromatic heterocycles. The number of hydrogen-bond donors (Lipinski definition) is 1. The van der Waals surface area contributed by atoms with Gasteiger partial charge in [-0.05, 0) is 50.5 Å². The quantitative estimate of drug-likeness (QED) is 0.773. The molecule has 122 valence electrons. The van der Waals surface area contributed by atoms with E-state index in [9.17, 15) is 4.79 Å². The van der Waals surface area contributed by atoms with E-state index in [2.05, 4.69) is 36.5 Å². The fourth-order valence-electron chi connectivity index (χ4n) is 2.20. The van der Waals surface area contributed by atoms with Crippen LogP contribution in [0.3, 0.4) is 0 Å². The lowest BCUT2D eigenvalue weighted by Gasteiger charge is -2.15. The van der Waals surface area contributed by atoms with Gasteiger partial charge in [0.1, 0.15) is 5.75 Å². The Bertz CT molecular complexity index is 640. The molecule has 1 N–H and O–H groups in total. The van der Waals surface area contributed by atoms with Gasteiger partial charge in [-0.15, -0.1) is 0 Å². The van der Waals surface area contributed by atoms with Gasteiger partial charge in [-0.3, -0.25) is 4.79 Å². The Labute approximate surface area is 142 Å². The Morgan fingerprint density at radius 2 is 1.96 bits per heavy atom. The first-order valence-corrected chi connectivity index (χ1v) is 8.18. The fourth-order valence-corrected chi connectivity index (χ4v) is 2.38. The van der Waals surface area contributed by atoms with Crippen molar-refractivity contribution in [2.45, 2.75) is 32.8 Å². The summed E-state index contributed by atoms with van der Waals surface area (Å²) in [5, 5.41) is 3.49. The summed E-state index contributed by atoms with van der Waals surface area (Å²) in [5.74, 6) is 0.480. The molecule has 0 bridgehead atoms.